The van der Waals surface area contributed by atoms with E-state index in [0.717, 1.165) is 4.83 Å². The topological polar surface area (TPSA) is 74.3 Å². The zero-order valence-electron chi connectivity index (χ0n) is 12.7. The molecule has 0 radical (unpaired) electrons. The minimum absolute atomic E-state index is 0.0688. The average Bonchev–Trinajstić information content (AvgIpc) is 3.20. The highest BCUT2D eigenvalue weighted by atomic mass is 32.2. The Balaban J connectivity index is 1.89. The van der Waals surface area contributed by atoms with Crippen LogP contribution in [-0.4, -0.2) is 22.6 Å². The molecule has 0 aliphatic carbocycles. The van der Waals surface area contributed by atoms with Crippen molar-refractivity contribution in [3.05, 3.63) is 45.5 Å². The number of fused-ring (bicyclic) bond motifs is 1. The summed E-state index contributed by atoms with van der Waals surface area (Å²) in [6, 6.07) is 5.08. The van der Waals surface area contributed by atoms with E-state index in [1.807, 2.05) is 12.3 Å². The Morgan fingerprint density at radius 1 is 1.43 bits per heavy atom. The fraction of sp³-hybridized carbons (Fsp3) is 0.267. The molecule has 6 nitrogen and oxygen atoms in total. The second-order valence-corrected chi connectivity index (χ2v) is 7.05. The zero-order valence-corrected chi connectivity index (χ0v) is 14.4. The Morgan fingerprint density at radius 2 is 2.22 bits per heavy atom. The molecular formula is C15H14N2O4S2. The summed E-state index contributed by atoms with van der Waals surface area (Å²) in [5.41, 5.74) is -0.0688. The van der Waals surface area contributed by atoms with Crippen LogP contribution in [-0.2, 0) is 11.8 Å². The quantitative estimate of drug-likeness (QED) is 0.409. The molecule has 120 valence electrons. The van der Waals surface area contributed by atoms with Crippen molar-refractivity contribution in [1.82, 2.24) is 9.55 Å². The number of carbonyl (C=O) groups is 1. The summed E-state index contributed by atoms with van der Waals surface area (Å²) in [7, 11) is 3.00. The van der Waals surface area contributed by atoms with E-state index < -0.39 is 5.97 Å². The normalized spacial score (nSPS) is 12.5. The molecule has 23 heavy (non-hydrogen) atoms. The number of rotatable bonds is 4. The second kappa shape index (κ2) is 6.21. The lowest BCUT2D eigenvalue weighted by Crippen LogP contribution is -2.19. The molecule has 0 N–H and O–H groups in total. The Kier molecular flexibility index (Phi) is 4.27. The fourth-order valence-electron chi connectivity index (χ4n) is 2.08. The molecule has 0 unspecified atom stereocenters. The number of ether oxygens (including phenoxy) is 1. The third kappa shape index (κ3) is 2.91. The number of methoxy groups -OCH3 is 1. The highest BCUT2D eigenvalue weighted by Gasteiger charge is 2.19. The molecule has 0 aliphatic heterocycles. The number of aromatic nitrogens is 2. The van der Waals surface area contributed by atoms with Gasteiger partial charge in [-0.15, -0.1) is 11.3 Å². The molecule has 3 rings (SSSR count). The van der Waals surface area contributed by atoms with E-state index in [-0.39, 0.29) is 16.6 Å². The highest BCUT2D eigenvalue weighted by Crippen LogP contribution is 2.34. The summed E-state index contributed by atoms with van der Waals surface area (Å²) in [6.07, 6.45) is 0. The van der Waals surface area contributed by atoms with Gasteiger partial charge in [-0.25, -0.2) is 9.78 Å². The number of carbonyl (C=O) groups excluding carboxylic acids is 1. The van der Waals surface area contributed by atoms with Gasteiger partial charge in [-0.3, -0.25) is 9.36 Å². The van der Waals surface area contributed by atoms with Crippen LogP contribution >= 0.6 is 23.1 Å². The van der Waals surface area contributed by atoms with Gasteiger partial charge in [0, 0.05) is 7.05 Å². The second-order valence-electron chi connectivity index (χ2n) is 4.85. The van der Waals surface area contributed by atoms with Crippen molar-refractivity contribution >= 4 is 39.3 Å². The Labute approximate surface area is 140 Å². The minimum atomic E-state index is -0.515. The third-order valence-corrected chi connectivity index (χ3v) is 5.33. The summed E-state index contributed by atoms with van der Waals surface area (Å²) >= 11 is 2.84. The smallest absolute Gasteiger partial charge is 0.373 e. The van der Waals surface area contributed by atoms with Crippen molar-refractivity contribution < 1.29 is 13.9 Å². The first kappa shape index (κ1) is 15.8. The molecule has 0 bridgehead atoms. The van der Waals surface area contributed by atoms with Crippen molar-refractivity contribution in [2.45, 2.75) is 17.3 Å². The van der Waals surface area contributed by atoms with E-state index in [1.54, 1.807) is 25.2 Å². The van der Waals surface area contributed by atoms with Crippen molar-refractivity contribution in [3.8, 4) is 0 Å². The van der Waals surface area contributed by atoms with Crippen molar-refractivity contribution in [2.75, 3.05) is 7.11 Å². The van der Waals surface area contributed by atoms with Crippen LogP contribution in [0.1, 0.15) is 28.5 Å². The molecule has 1 atom stereocenters. The van der Waals surface area contributed by atoms with Gasteiger partial charge < -0.3 is 9.15 Å². The largest absolute Gasteiger partial charge is 0.463 e. The lowest BCUT2D eigenvalue weighted by Gasteiger charge is -2.11. The van der Waals surface area contributed by atoms with Crippen molar-refractivity contribution in [1.29, 1.82) is 0 Å². The Morgan fingerprint density at radius 3 is 2.96 bits per heavy atom. The van der Waals surface area contributed by atoms with Gasteiger partial charge in [0.15, 0.2) is 5.16 Å². The van der Waals surface area contributed by atoms with Crippen molar-refractivity contribution in [2.24, 2.45) is 7.05 Å². The SMILES string of the molecule is COC(=O)c1ccc([C@@H](C)Sc2nc3sccc3c(=O)n2C)o1. The van der Waals surface area contributed by atoms with E-state index >= 15 is 0 Å². The number of furan rings is 1. The van der Waals surface area contributed by atoms with Crippen LogP contribution < -0.4 is 5.56 Å². The van der Waals surface area contributed by atoms with Crippen LogP contribution in [0.5, 0.6) is 0 Å². The van der Waals surface area contributed by atoms with E-state index in [1.165, 1.54) is 34.8 Å². The predicted octanol–water partition coefficient (Wildman–Crippen LogP) is 3.23. The predicted molar refractivity (Wildman–Crippen MR) is 89.2 cm³/mol. The Hall–Kier alpha value is -2.06. The molecule has 0 saturated carbocycles. The van der Waals surface area contributed by atoms with Gasteiger partial charge in [0.05, 0.1) is 17.7 Å². The summed E-state index contributed by atoms with van der Waals surface area (Å²) < 4.78 is 11.7. The molecule has 3 aromatic rings. The van der Waals surface area contributed by atoms with E-state index in [9.17, 15) is 9.59 Å². The van der Waals surface area contributed by atoms with Crippen LogP contribution in [0.2, 0.25) is 0 Å². The summed E-state index contributed by atoms with van der Waals surface area (Å²) in [4.78, 5) is 29.0. The zero-order chi connectivity index (χ0) is 16.6. The summed E-state index contributed by atoms with van der Waals surface area (Å²) in [5.74, 6) is 0.264. The number of hydrogen-bond acceptors (Lipinski definition) is 7. The number of nitrogens with zero attached hydrogens (tertiary/aromatic N) is 2. The van der Waals surface area contributed by atoms with Crippen LogP contribution in [0.4, 0.5) is 0 Å². The van der Waals surface area contributed by atoms with Gasteiger partial charge in [0.25, 0.3) is 5.56 Å². The molecular weight excluding hydrogens is 336 g/mol. The molecule has 0 spiro atoms. The third-order valence-electron chi connectivity index (χ3n) is 3.36. The first-order chi connectivity index (χ1) is 11.0. The molecule has 3 aromatic heterocycles. The molecule has 0 aliphatic rings. The van der Waals surface area contributed by atoms with Gasteiger partial charge in [-0.2, -0.15) is 0 Å². The monoisotopic (exact) mass is 350 g/mol. The lowest BCUT2D eigenvalue weighted by atomic mass is 10.3. The van der Waals surface area contributed by atoms with Crippen molar-refractivity contribution in [3.63, 3.8) is 0 Å². The maximum atomic E-state index is 12.3. The fourth-order valence-corrected chi connectivity index (χ4v) is 3.84. The number of esters is 1. The number of thiophene rings is 1. The molecule has 8 heteroatoms. The number of hydrogen-bond donors (Lipinski definition) is 0. The van der Waals surface area contributed by atoms with Crippen LogP contribution in [0.25, 0.3) is 10.2 Å². The first-order valence-corrected chi connectivity index (χ1v) is 8.56. The molecule has 0 saturated heterocycles. The minimum Gasteiger partial charge on any atom is -0.463 e. The van der Waals surface area contributed by atoms with E-state index in [2.05, 4.69) is 9.72 Å². The molecule has 0 fully saturated rings. The molecule has 0 aromatic carbocycles. The molecule has 0 amide bonds. The van der Waals surface area contributed by atoms with E-state index in [0.29, 0.717) is 16.3 Å². The van der Waals surface area contributed by atoms with Gasteiger partial charge in [0.2, 0.25) is 5.76 Å². The molecule has 3 heterocycles. The van der Waals surface area contributed by atoms with Gasteiger partial charge in [-0.1, -0.05) is 11.8 Å². The lowest BCUT2D eigenvalue weighted by molar-refractivity contribution is 0.0563. The average molecular weight is 350 g/mol. The van der Waals surface area contributed by atoms with Gasteiger partial charge >= 0.3 is 5.97 Å². The van der Waals surface area contributed by atoms with Gasteiger partial charge in [-0.05, 0) is 30.5 Å². The maximum absolute atomic E-state index is 12.3. The maximum Gasteiger partial charge on any atom is 0.373 e. The summed E-state index contributed by atoms with van der Waals surface area (Å²) in [6.45, 7) is 1.93. The highest BCUT2D eigenvalue weighted by molar-refractivity contribution is 7.99. The summed E-state index contributed by atoms with van der Waals surface area (Å²) in [5, 5.41) is 2.98. The van der Waals surface area contributed by atoms with Crippen LogP contribution in [0, 0.1) is 0 Å². The van der Waals surface area contributed by atoms with E-state index in [4.69, 9.17) is 4.42 Å². The number of thioether (sulfide) groups is 1. The van der Waals surface area contributed by atoms with Crippen LogP contribution in [0.3, 0.4) is 0 Å². The Bertz CT molecular complexity index is 925. The standard InChI is InChI=1S/C15H14N2O4S2/c1-8(10-4-5-11(21-10)14(19)20-3)23-15-16-12-9(6-7-22-12)13(18)17(15)2/h4-8H,1-3H3/t8-/m1/s1. The van der Waals surface area contributed by atoms with Crippen LogP contribution in [0.15, 0.2) is 37.9 Å². The first-order valence-electron chi connectivity index (χ1n) is 6.80. The van der Waals surface area contributed by atoms with Gasteiger partial charge in [0.1, 0.15) is 10.6 Å².